The Bertz CT molecular complexity index is 754. The second kappa shape index (κ2) is 8.19. The van der Waals surface area contributed by atoms with Crippen molar-refractivity contribution in [3.63, 3.8) is 0 Å². The Morgan fingerprint density at radius 3 is 2.63 bits per heavy atom. The van der Waals surface area contributed by atoms with Crippen molar-refractivity contribution < 1.29 is 28.2 Å². The van der Waals surface area contributed by atoms with Crippen molar-refractivity contribution in [2.45, 2.75) is 44.6 Å². The molecule has 2 unspecified atom stereocenters. The van der Waals surface area contributed by atoms with Crippen molar-refractivity contribution in [2.24, 2.45) is 0 Å². The number of benzene rings is 1. The number of amides is 2. The first kappa shape index (κ1) is 21.1. The van der Waals surface area contributed by atoms with Crippen LogP contribution in [-0.2, 0) is 20.9 Å². The molecule has 9 nitrogen and oxygen atoms in total. The van der Waals surface area contributed by atoms with E-state index in [-0.39, 0.29) is 18.5 Å². The molecule has 1 fully saturated rings. The zero-order chi connectivity index (χ0) is 20.4. The van der Waals surface area contributed by atoms with Gasteiger partial charge in [0, 0.05) is 36.5 Å². The molecule has 27 heavy (non-hydrogen) atoms. The Kier molecular flexibility index (Phi) is 6.39. The highest BCUT2D eigenvalue weighted by atomic mass is 32.2. The molecule has 0 saturated carbocycles. The van der Waals surface area contributed by atoms with Gasteiger partial charge in [0.05, 0.1) is 10.5 Å². The van der Waals surface area contributed by atoms with Gasteiger partial charge in [0.15, 0.2) is 0 Å². The first-order valence-corrected chi connectivity index (χ1v) is 9.28. The third-order valence-electron chi connectivity index (χ3n) is 3.76. The standard InChI is InChI=1S/C16H20FN3O6S/c1-16(2,3)27(25)18-14(26-15(22)19-8-4-5-13(19)21)11-9-10(20(23)24)6-7-12(11)17/h6-7,9,14,18H,4-5,8H2,1-3H3. The topological polar surface area (TPSA) is 125 Å². The summed E-state index contributed by atoms with van der Waals surface area (Å²) in [5.74, 6) is -1.32. The van der Waals surface area contributed by atoms with Gasteiger partial charge in [-0.3, -0.25) is 14.9 Å². The summed E-state index contributed by atoms with van der Waals surface area (Å²) in [4.78, 5) is 35.1. The Labute approximate surface area is 158 Å². The highest BCUT2D eigenvalue weighted by molar-refractivity contribution is 7.90. The summed E-state index contributed by atoms with van der Waals surface area (Å²) >= 11 is -1.79. The molecule has 1 heterocycles. The van der Waals surface area contributed by atoms with Crippen LogP contribution in [0.1, 0.15) is 45.4 Å². The van der Waals surface area contributed by atoms with E-state index in [2.05, 4.69) is 4.72 Å². The number of likely N-dealkylation sites (tertiary alicyclic amines) is 1. The number of carbonyl (C=O) groups excluding carboxylic acids is 2. The molecule has 1 aliphatic heterocycles. The van der Waals surface area contributed by atoms with Crippen molar-refractivity contribution in [1.82, 2.24) is 9.62 Å². The molecule has 1 aliphatic rings. The van der Waals surface area contributed by atoms with Gasteiger partial charge in [-0.1, -0.05) is 4.72 Å². The summed E-state index contributed by atoms with van der Waals surface area (Å²) < 4.78 is 33.6. The first-order valence-electron chi connectivity index (χ1n) is 8.13. The van der Waals surface area contributed by atoms with E-state index in [4.69, 9.17) is 4.74 Å². The average Bonchev–Trinajstić information content (AvgIpc) is 2.99. The van der Waals surface area contributed by atoms with Crippen LogP contribution in [0.2, 0.25) is 0 Å². The van der Waals surface area contributed by atoms with Crippen molar-refractivity contribution in [1.29, 1.82) is 0 Å². The molecule has 0 radical (unpaired) electrons. The number of nitrogens with zero attached hydrogens (tertiary/aromatic N) is 2. The fraction of sp³-hybridized carbons (Fsp3) is 0.500. The number of carbonyl (C=O) groups is 2. The minimum Gasteiger partial charge on any atom is -0.598 e. The predicted octanol–water partition coefficient (Wildman–Crippen LogP) is 2.54. The zero-order valence-electron chi connectivity index (χ0n) is 15.1. The number of rotatable bonds is 5. The molecule has 0 bridgehead atoms. The van der Waals surface area contributed by atoms with Crippen LogP contribution in [0.15, 0.2) is 18.2 Å². The Morgan fingerprint density at radius 1 is 1.44 bits per heavy atom. The lowest BCUT2D eigenvalue weighted by Gasteiger charge is -2.28. The molecule has 2 amide bonds. The summed E-state index contributed by atoms with van der Waals surface area (Å²) in [5.41, 5.74) is -0.783. The van der Waals surface area contributed by atoms with Crippen LogP contribution in [0.4, 0.5) is 14.9 Å². The maximum absolute atomic E-state index is 14.3. The van der Waals surface area contributed by atoms with E-state index >= 15 is 0 Å². The van der Waals surface area contributed by atoms with E-state index in [1.165, 1.54) is 0 Å². The van der Waals surface area contributed by atoms with Crippen LogP contribution in [0, 0.1) is 15.9 Å². The largest absolute Gasteiger partial charge is 0.598 e. The van der Waals surface area contributed by atoms with Crippen LogP contribution in [0.3, 0.4) is 0 Å². The van der Waals surface area contributed by atoms with Crippen LogP contribution in [-0.4, -0.2) is 37.7 Å². The number of nitrogens with one attached hydrogen (secondary N) is 1. The summed E-state index contributed by atoms with van der Waals surface area (Å²) in [6, 6.07) is 2.71. The first-order chi connectivity index (χ1) is 12.5. The van der Waals surface area contributed by atoms with Gasteiger partial charge < -0.3 is 9.29 Å². The second-order valence-electron chi connectivity index (χ2n) is 6.87. The van der Waals surface area contributed by atoms with Crippen molar-refractivity contribution in [2.75, 3.05) is 6.54 Å². The maximum Gasteiger partial charge on any atom is 0.418 e. The molecule has 1 aromatic carbocycles. The molecule has 0 aliphatic carbocycles. The summed E-state index contributed by atoms with van der Waals surface area (Å²) in [6.07, 6.45) is -1.95. The Balaban J connectivity index is 2.34. The number of imide groups is 1. The minimum atomic E-state index is -1.79. The number of nitro groups is 1. The van der Waals surface area contributed by atoms with Gasteiger partial charge in [-0.25, -0.2) is 14.1 Å². The van der Waals surface area contributed by atoms with E-state index < -0.39 is 50.8 Å². The third-order valence-corrected chi connectivity index (χ3v) is 5.30. The number of halogens is 1. The molecule has 1 saturated heterocycles. The SMILES string of the molecule is CC(C)(C)[S+]([O-])NC(OC(=O)N1CCCC1=O)c1cc([N+](=O)[O-])ccc1F. The fourth-order valence-electron chi connectivity index (χ4n) is 2.28. The average molecular weight is 401 g/mol. The van der Waals surface area contributed by atoms with Gasteiger partial charge in [-0.15, -0.1) is 0 Å². The maximum atomic E-state index is 14.3. The molecule has 11 heteroatoms. The van der Waals surface area contributed by atoms with Crippen molar-refractivity contribution >= 4 is 29.0 Å². The lowest BCUT2D eigenvalue weighted by molar-refractivity contribution is -0.385. The normalized spacial score (nSPS) is 16.9. The van der Waals surface area contributed by atoms with Gasteiger partial charge in [0.2, 0.25) is 12.1 Å². The molecule has 0 spiro atoms. The van der Waals surface area contributed by atoms with Gasteiger partial charge >= 0.3 is 6.09 Å². The lowest BCUT2D eigenvalue weighted by Crippen LogP contribution is -2.44. The van der Waals surface area contributed by atoms with Crippen LogP contribution < -0.4 is 4.72 Å². The molecule has 148 valence electrons. The molecular weight excluding hydrogens is 381 g/mol. The van der Waals surface area contributed by atoms with Crippen molar-refractivity contribution in [3.8, 4) is 0 Å². The highest BCUT2D eigenvalue weighted by Crippen LogP contribution is 2.27. The quantitative estimate of drug-likeness (QED) is 0.348. The van der Waals surface area contributed by atoms with Gasteiger partial charge in [0.1, 0.15) is 10.6 Å². The molecule has 0 aromatic heterocycles. The van der Waals surface area contributed by atoms with E-state index in [1.807, 2.05) is 0 Å². The van der Waals surface area contributed by atoms with Gasteiger partial charge in [-0.2, -0.15) is 0 Å². The van der Waals surface area contributed by atoms with E-state index in [1.54, 1.807) is 20.8 Å². The molecule has 1 N–H and O–H groups in total. The molecule has 2 rings (SSSR count). The van der Waals surface area contributed by atoms with Crippen LogP contribution >= 0.6 is 0 Å². The van der Waals surface area contributed by atoms with Gasteiger partial charge in [0.25, 0.3) is 5.69 Å². The smallest absolute Gasteiger partial charge is 0.418 e. The Hall–Kier alpha value is -2.24. The summed E-state index contributed by atoms with van der Waals surface area (Å²) in [7, 11) is 0. The number of nitro benzene ring substituents is 1. The van der Waals surface area contributed by atoms with Gasteiger partial charge in [-0.05, 0) is 33.3 Å². The molecule has 2 atom stereocenters. The summed E-state index contributed by atoms with van der Waals surface area (Å²) in [5, 5.41) is 11.0. The lowest BCUT2D eigenvalue weighted by atomic mass is 10.1. The predicted molar refractivity (Wildman–Crippen MR) is 94.3 cm³/mol. The van der Waals surface area contributed by atoms with E-state index in [0.29, 0.717) is 6.42 Å². The number of hydrogen-bond donors (Lipinski definition) is 1. The Morgan fingerprint density at radius 2 is 2.11 bits per heavy atom. The third kappa shape index (κ3) is 5.15. The highest BCUT2D eigenvalue weighted by Gasteiger charge is 2.36. The number of hydrogen-bond acceptors (Lipinski definition) is 7. The van der Waals surface area contributed by atoms with E-state index in [9.17, 15) is 28.6 Å². The zero-order valence-corrected chi connectivity index (χ0v) is 15.9. The fourth-order valence-corrected chi connectivity index (χ4v) is 3.00. The van der Waals surface area contributed by atoms with Crippen LogP contribution in [0.5, 0.6) is 0 Å². The number of non-ortho nitro benzene ring substituents is 1. The monoisotopic (exact) mass is 401 g/mol. The second-order valence-corrected chi connectivity index (χ2v) is 8.87. The molecule has 1 aromatic rings. The molecular formula is C16H20FN3O6S. The number of ether oxygens (including phenoxy) is 1. The minimum absolute atomic E-state index is 0.157. The van der Waals surface area contributed by atoms with E-state index in [0.717, 1.165) is 23.1 Å². The van der Waals surface area contributed by atoms with Crippen molar-refractivity contribution in [3.05, 3.63) is 39.7 Å². The van der Waals surface area contributed by atoms with Crippen LogP contribution in [0.25, 0.3) is 0 Å². The summed E-state index contributed by atoms with van der Waals surface area (Å²) in [6.45, 7) is 5.08.